The molecule has 0 aliphatic rings. The number of quaternary nitrogens is 1. The van der Waals surface area contributed by atoms with E-state index in [4.69, 9.17) is 0 Å². The van der Waals surface area contributed by atoms with Crippen LogP contribution in [0.25, 0.3) is 0 Å². The molecule has 0 amide bonds. The van der Waals surface area contributed by atoms with Gasteiger partial charge >= 0.3 is 0 Å². The lowest BCUT2D eigenvalue weighted by molar-refractivity contribution is 0.484. The van der Waals surface area contributed by atoms with Crippen LogP contribution in [-0.4, -0.2) is 26.6 Å². The molecule has 12 heavy (non-hydrogen) atoms. The molecule has 68 valence electrons. The molecule has 0 saturated carbocycles. The number of benzene rings is 1. The van der Waals surface area contributed by atoms with Crippen molar-refractivity contribution in [1.82, 2.24) is 4.48 Å². The van der Waals surface area contributed by atoms with Crippen molar-refractivity contribution in [3.05, 3.63) is 29.8 Å². The lowest BCUT2D eigenvalue weighted by atomic mass is 10.2. The van der Waals surface area contributed by atoms with E-state index in [0.717, 1.165) is 4.48 Å². The predicted molar refractivity (Wildman–Crippen MR) is 52.7 cm³/mol. The van der Waals surface area contributed by atoms with E-state index in [1.807, 2.05) is 0 Å². The van der Waals surface area contributed by atoms with Crippen LogP contribution in [0.4, 0.5) is 5.69 Å². The molecule has 0 aromatic heterocycles. The van der Waals surface area contributed by atoms with E-state index >= 15 is 0 Å². The maximum absolute atomic E-state index is 2.18. The Morgan fingerprint density at radius 2 is 1.50 bits per heavy atom. The van der Waals surface area contributed by atoms with Gasteiger partial charge in [0.05, 0.1) is 21.1 Å². The molecule has 1 N–H and O–H groups in total. The van der Waals surface area contributed by atoms with Crippen molar-refractivity contribution in [3.8, 4) is 0 Å². The third-order valence-corrected chi connectivity index (χ3v) is 1.84. The largest absolute Gasteiger partial charge is 0.870 e. The fraction of sp³-hybridized carbons (Fsp3) is 0.400. The quantitative estimate of drug-likeness (QED) is 0.588. The van der Waals surface area contributed by atoms with Crippen LogP contribution in [-0.2, 0) is 0 Å². The Morgan fingerprint density at radius 1 is 1.00 bits per heavy atom. The summed E-state index contributed by atoms with van der Waals surface area (Å²) in [5.41, 5.74) is 2.74. The predicted octanol–water partition coefficient (Wildman–Crippen LogP) is 2.01. The standard InChI is InChI=1S/C10H16N.H2O/c1-9-7-5-6-8-10(9)11(2,3)4;/h5-8H,1-4H3;1H2/q+1;/p-1. The fourth-order valence-corrected chi connectivity index (χ4v) is 1.32. The highest BCUT2D eigenvalue weighted by molar-refractivity contribution is 5.48. The van der Waals surface area contributed by atoms with Crippen molar-refractivity contribution < 1.29 is 5.48 Å². The van der Waals surface area contributed by atoms with Gasteiger partial charge in [0.2, 0.25) is 0 Å². The summed E-state index contributed by atoms with van der Waals surface area (Å²) in [5, 5.41) is 0. The summed E-state index contributed by atoms with van der Waals surface area (Å²) in [4.78, 5) is 0. The first kappa shape index (κ1) is 11.1. The molecule has 1 aromatic carbocycles. The number of hydrogen-bond acceptors (Lipinski definition) is 1. The first-order chi connectivity index (χ1) is 5.02. The van der Waals surface area contributed by atoms with E-state index in [2.05, 4.69) is 52.3 Å². The highest BCUT2D eigenvalue weighted by Crippen LogP contribution is 2.20. The molecule has 0 spiro atoms. The van der Waals surface area contributed by atoms with Crippen LogP contribution in [0, 0.1) is 6.92 Å². The lowest BCUT2D eigenvalue weighted by Crippen LogP contribution is -2.35. The second-order valence-corrected chi connectivity index (χ2v) is 3.80. The molecule has 0 radical (unpaired) electrons. The molecule has 0 fully saturated rings. The third kappa shape index (κ3) is 2.32. The normalized spacial score (nSPS) is 10.7. The van der Waals surface area contributed by atoms with E-state index in [9.17, 15) is 0 Å². The minimum Gasteiger partial charge on any atom is -0.870 e. The zero-order valence-electron chi connectivity index (χ0n) is 8.20. The van der Waals surface area contributed by atoms with Gasteiger partial charge in [-0.1, -0.05) is 18.2 Å². The number of nitrogens with zero attached hydrogens (tertiary/aromatic N) is 1. The smallest absolute Gasteiger partial charge is 0.135 e. The molecule has 1 rings (SSSR count). The van der Waals surface area contributed by atoms with Crippen LogP contribution in [0.2, 0.25) is 0 Å². The van der Waals surface area contributed by atoms with Crippen molar-refractivity contribution in [1.29, 1.82) is 0 Å². The van der Waals surface area contributed by atoms with Gasteiger partial charge in [0, 0.05) is 5.56 Å². The van der Waals surface area contributed by atoms with Crippen LogP contribution in [0.15, 0.2) is 24.3 Å². The summed E-state index contributed by atoms with van der Waals surface area (Å²) in [6, 6.07) is 8.49. The van der Waals surface area contributed by atoms with Gasteiger partial charge < -0.3 is 5.48 Å². The summed E-state index contributed by atoms with van der Waals surface area (Å²) in [7, 11) is 6.55. The summed E-state index contributed by atoms with van der Waals surface area (Å²) in [6.07, 6.45) is 0. The molecule has 0 heterocycles. The van der Waals surface area contributed by atoms with Gasteiger partial charge in [0.25, 0.3) is 0 Å². The second kappa shape index (κ2) is 3.70. The van der Waals surface area contributed by atoms with Crippen molar-refractivity contribution in [2.75, 3.05) is 21.1 Å². The van der Waals surface area contributed by atoms with Gasteiger partial charge in [-0.25, -0.2) is 0 Å². The number of para-hydroxylation sites is 1. The molecule has 0 aliphatic heterocycles. The zero-order chi connectivity index (χ0) is 8.48. The molecular formula is C10H17NO. The molecule has 0 saturated heterocycles. The number of hydrogen-bond donors (Lipinski definition) is 0. The highest BCUT2D eigenvalue weighted by Gasteiger charge is 2.13. The average Bonchev–Trinajstić information content (AvgIpc) is 1.86. The second-order valence-electron chi connectivity index (χ2n) is 3.80. The van der Waals surface area contributed by atoms with Crippen LogP contribution < -0.4 is 4.48 Å². The van der Waals surface area contributed by atoms with E-state index in [-0.39, 0.29) is 5.48 Å². The van der Waals surface area contributed by atoms with E-state index in [1.54, 1.807) is 0 Å². The Balaban J connectivity index is 0.00000121. The number of rotatable bonds is 1. The van der Waals surface area contributed by atoms with Crippen molar-refractivity contribution in [2.24, 2.45) is 0 Å². The molecule has 1 aromatic rings. The molecule has 0 unspecified atom stereocenters. The Hall–Kier alpha value is -0.860. The molecular weight excluding hydrogens is 150 g/mol. The van der Waals surface area contributed by atoms with Crippen molar-refractivity contribution in [3.63, 3.8) is 0 Å². The molecule has 0 aliphatic carbocycles. The van der Waals surface area contributed by atoms with Crippen molar-refractivity contribution >= 4 is 5.69 Å². The first-order valence-corrected chi connectivity index (χ1v) is 3.89. The lowest BCUT2D eigenvalue weighted by Gasteiger charge is -2.24. The van der Waals surface area contributed by atoms with Gasteiger partial charge in [0.15, 0.2) is 0 Å². The fourth-order valence-electron chi connectivity index (χ4n) is 1.32. The third-order valence-electron chi connectivity index (χ3n) is 1.84. The molecule has 2 heteroatoms. The topological polar surface area (TPSA) is 30.0 Å². The monoisotopic (exact) mass is 167 g/mol. The van der Waals surface area contributed by atoms with Gasteiger partial charge in [-0.2, -0.15) is 0 Å². The maximum atomic E-state index is 2.18. The summed E-state index contributed by atoms with van der Waals surface area (Å²) in [5.74, 6) is 0. The molecule has 0 atom stereocenters. The maximum Gasteiger partial charge on any atom is 0.135 e. The Bertz CT molecular complexity index is 250. The average molecular weight is 167 g/mol. The van der Waals surface area contributed by atoms with Crippen molar-refractivity contribution in [2.45, 2.75) is 6.92 Å². The Kier molecular flexibility index (Phi) is 3.43. The van der Waals surface area contributed by atoms with Gasteiger partial charge in [-0.15, -0.1) is 0 Å². The molecule has 0 bridgehead atoms. The SMILES string of the molecule is Cc1ccccc1[N+](C)(C)C.[OH-]. The van der Waals surface area contributed by atoms with Crippen LogP contribution in [0.5, 0.6) is 0 Å². The summed E-state index contributed by atoms with van der Waals surface area (Å²) in [6.45, 7) is 2.15. The van der Waals surface area contributed by atoms with E-state index < -0.39 is 0 Å². The van der Waals surface area contributed by atoms with Crippen LogP contribution in [0.1, 0.15) is 5.56 Å². The highest BCUT2D eigenvalue weighted by atomic mass is 16.0. The number of aryl methyl sites for hydroxylation is 1. The van der Waals surface area contributed by atoms with Crippen LogP contribution >= 0.6 is 0 Å². The van der Waals surface area contributed by atoms with Gasteiger partial charge in [0.1, 0.15) is 5.69 Å². The summed E-state index contributed by atoms with van der Waals surface area (Å²) < 4.78 is 0.896. The Morgan fingerprint density at radius 3 is 1.83 bits per heavy atom. The van der Waals surface area contributed by atoms with Gasteiger partial charge in [-0.05, 0) is 13.0 Å². The first-order valence-electron chi connectivity index (χ1n) is 3.89. The minimum atomic E-state index is 0. The van der Waals surface area contributed by atoms with E-state index in [0.29, 0.717) is 0 Å². The van der Waals surface area contributed by atoms with E-state index in [1.165, 1.54) is 11.3 Å². The zero-order valence-corrected chi connectivity index (χ0v) is 8.20. The van der Waals surface area contributed by atoms with Crippen LogP contribution in [0.3, 0.4) is 0 Å². The molecule has 2 nitrogen and oxygen atoms in total. The minimum absolute atomic E-state index is 0. The summed E-state index contributed by atoms with van der Waals surface area (Å²) >= 11 is 0. The van der Waals surface area contributed by atoms with Gasteiger partial charge in [-0.3, -0.25) is 4.48 Å². The Labute approximate surface area is 74.3 Å².